The third-order valence-corrected chi connectivity index (χ3v) is 3.20. The summed E-state index contributed by atoms with van der Waals surface area (Å²) in [5.74, 6) is 0. The maximum Gasteiger partial charge on any atom is 0.0948 e. The second-order valence-corrected chi connectivity index (χ2v) is 5.24. The molecule has 0 amide bonds. The van der Waals surface area contributed by atoms with Crippen LogP contribution < -0.4 is 5.32 Å². The van der Waals surface area contributed by atoms with Crippen LogP contribution in [0.2, 0.25) is 0 Å². The minimum absolute atomic E-state index is 0.770. The van der Waals surface area contributed by atoms with E-state index in [2.05, 4.69) is 33.9 Å². The monoisotopic (exact) mass is 236 g/mol. The van der Waals surface area contributed by atoms with Gasteiger partial charge in [-0.05, 0) is 46.3 Å². The third-order valence-electron chi connectivity index (χ3n) is 3.20. The Balaban J connectivity index is 1.69. The van der Waals surface area contributed by atoms with Crippen molar-refractivity contribution < 1.29 is 0 Å². The fraction of sp³-hybridized carbons (Fsp3) is 0.769. The molecule has 1 aromatic rings. The van der Waals surface area contributed by atoms with Gasteiger partial charge in [-0.2, -0.15) is 0 Å². The van der Waals surface area contributed by atoms with Crippen molar-refractivity contribution in [2.45, 2.75) is 44.8 Å². The first-order valence-corrected chi connectivity index (χ1v) is 6.63. The second-order valence-electron chi connectivity index (χ2n) is 5.24. The molecule has 1 heterocycles. The van der Waals surface area contributed by atoms with Crippen LogP contribution in [-0.4, -0.2) is 41.1 Å². The fourth-order valence-electron chi connectivity index (χ4n) is 1.94. The van der Waals surface area contributed by atoms with E-state index in [-0.39, 0.29) is 0 Å². The summed E-state index contributed by atoms with van der Waals surface area (Å²) in [4.78, 5) is 6.49. The maximum atomic E-state index is 4.25. The van der Waals surface area contributed by atoms with Crippen molar-refractivity contribution >= 4 is 0 Å². The van der Waals surface area contributed by atoms with E-state index in [4.69, 9.17) is 0 Å². The zero-order valence-corrected chi connectivity index (χ0v) is 11.0. The maximum absolute atomic E-state index is 4.25. The van der Waals surface area contributed by atoms with E-state index in [1.807, 2.05) is 12.5 Å². The molecular formula is C13H24N4. The highest BCUT2D eigenvalue weighted by atomic mass is 15.1. The lowest BCUT2D eigenvalue weighted by molar-refractivity contribution is 0.386. The number of rotatable bonds is 8. The van der Waals surface area contributed by atoms with Gasteiger partial charge >= 0.3 is 0 Å². The normalized spacial score (nSPS) is 15.7. The number of aryl methyl sites for hydroxylation is 1. The zero-order valence-electron chi connectivity index (χ0n) is 11.0. The van der Waals surface area contributed by atoms with Gasteiger partial charge in [0.05, 0.1) is 12.0 Å². The zero-order chi connectivity index (χ0) is 12.1. The van der Waals surface area contributed by atoms with Gasteiger partial charge in [0.2, 0.25) is 0 Å². The molecule has 1 aromatic heterocycles. The van der Waals surface area contributed by atoms with Crippen molar-refractivity contribution in [1.82, 2.24) is 19.8 Å². The molecule has 0 saturated heterocycles. The van der Waals surface area contributed by atoms with E-state index in [9.17, 15) is 0 Å². The molecule has 0 radical (unpaired) electrons. The average molecular weight is 236 g/mol. The van der Waals surface area contributed by atoms with Crippen LogP contribution in [0.25, 0.3) is 0 Å². The molecule has 1 N–H and O–H groups in total. The summed E-state index contributed by atoms with van der Waals surface area (Å²) in [6.45, 7) is 3.23. The number of imidazole rings is 1. The lowest BCUT2D eigenvalue weighted by Gasteiger charge is -2.11. The van der Waals surface area contributed by atoms with Crippen molar-refractivity contribution in [2.24, 2.45) is 0 Å². The first-order valence-electron chi connectivity index (χ1n) is 6.63. The Hall–Kier alpha value is -0.870. The van der Waals surface area contributed by atoms with Crippen LogP contribution in [0.15, 0.2) is 12.5 Å². The molecule has 1 saturated carbocycles. The first kappa shape index (κ1) is 12.6. The molecule has 4 nitrogen and oxygen atoms in total. The number of hydrogen-bond donors (Lipinski definition) is 1. The molecule has 0 atom stereocenters. The quantitative estimate of drug-likeness (QED) is 0.694. The summed E-state index contributed by atoms with van der Waals surface area (Å²) < 4.78 is 2.28. The van der Waals surface area contributed by atoms with Crippen molar-refractivity contribution in [3.05, 3.63) is 18.2 Å². The molecule has 4 heteroatoms. The number of aromatic nitrogens is 2. The largest absolute Gasteiger partial charge is 0.333 e. The summed E-state index contributed by atoms with van der Waals surface area (Å²) in [5, 5.41) is 3.54. The molecule has 0 aliphatic heterocycles. The van der Waals surface area contributed by atoms with Crippen LogP contribution in [0.5, 0.6) is 0 Å². The Morgan fingerprint density at radius 1 is 1.41 bits per heavy atom. The molecule has 17 heavy (non-hydrogen) atoms. The topological polar surface area (TPSA) is 33.1 Å². The van der Waals surface area contributed by atoms with Gasteiger partial charge in [-0.25, -0.2) is 4.98 Å². The van der Waals surface area contributed by atoms with Crippen LogP contribution in [0.3, 0.4) is 0 Å². The van der Waals surface area contributed by atoms with Gasteiger partial charge in [0, 0.05) is 25.3 Å². The van der Waals surface area contributed by atoms with Gasteiger partial charge in [-0.1, -0.05) is 0 Å². The smallest absolute Gasteiger partial charge is 0.0948 e. The molecule has 1 aliphatic rings. The van der Waals surface area contributed by atoms with E-state index in [0.29, 0.717) is 0 Å². The Labute approximate surface area is 104 Å². The predicted molar refractivity (Wildman–Crippen MR) is 69.9 cm³/mol. The minimum Gasteiger partial charge on any atom is -0.333 e. The molecule has 1 aliphatic carbocycles. The summed E-state index contributed by atoms with van der Waals surface area (Å²) in [5.41, 5.74) is 1.32. The minimum atomic E-state index is 0.770. The molecule has 0 unspecified atom stereocenters. The van der Waals surface area contributed by atoms with Crippen molar-refractivity contribution in [3.8, 4) is 0 Å². The average Bonchev–Trinajstić information content (AvgIpc) is 3.02. The lowest BCUT2D eigenvalue weighted by atomic mass is 10.3. The predicted octanol–water partition coefficient (Wildman–Crippen LogP) is 1.48. The van der Waals surface area contributed by atoms with Gasteiger partial charge in [0.25, 0.3) is 0 Å². The van der Waals surface area contributed by atoms with E-state index in [1.165, 1.54) is 37.9 Å². The van der Waals surface area contributed by atoms with Crippen LogP contribution in [0.4, 0.5) is 0 Å². The Morgan fingerprint density at radius 3 is 2.94 bits per heavy atom. The molecular weight excluding hydrogens is 212 g/mol. The van der Waals surface area contributed by atoms with Crippen LogP contribution >= 0.6 is 0 Å². The molecule has 1 fully saturated rings. The van der Waals surface area contributed by atoms with Gasteiger partial charge in [0.15, 0.2) is 0 Å². The first-order chi connectivity index (χ1) is 8.25. The van der Waals surface area contributed by atoms with Crippen molar-refractivity contribution in [2.75, 3.05) is 20.6 Å². The van der Waals surface area contributed by atoms with E-state index >= 15 is 0 Å². The highest BCUT2D eigenvalue weighted by Crippen LogP contribution is 2.19. The highest BCUT2D eigenvalue weighted by molar-refractivity contribution is 4.99. The highest BCUT2D eigenvalue weighted by Gasteiger charge is 2.20. The Morgan fingerprint density at radius 2 is 2.24 bits per heavy atom. The van der Waals surface area contributed by atoms with Gasteiger partial charge in [-0.3, -0.25) is 0 Å². The summed E-state index contributed by atoms with van der Waals surface area (Å²) in [6.07, 6.45) is 9.11. The third kappa shape index (κ3) is 4.48. The number of unbranched alkanes of at least 4 members (excludes halogenated alkanes) is 1. The Bertz CT molecular complexity index is 328. The van der Waals surface area contributed by atoms with E-state index < -0.39 is 0 Å². The lowest BCUT2D eigenvalue weighted by Crippen LogP contribution is -2.18. The van der Waals surface area contributed by atoms with Crippen LogP contribution in [0.1, 0.15) is 31.4 Å². The van der Waals surface area contributed by atoms with Gasteiger partial charge in [0.1, 0.15) is 0 Å². The summed E-state index contributed by atoms with van der Waals surface area (Å²) >= 11 is 0. The molecule has 0 spiro atoms. The van der Waals surface area contributed by atoms with E-state index in [0.717, 1.165) is 19.1 Å². The van der Waals surface area contributed by atoms with Crippen molar-refractivity contribution in [3.63, 3.8) is 0 Å². The second kappa shape index (κ2) is 6.17. The summed E-state index contributed by atoms with van der Waals surface area (Å²) in [7, 11) is 4.25. The molecule has 2 rings (SSSR count). The summed E-state index contributed by atoms with van der Waals surface area (Å²) in [6, 6.07) is 0.770. The van der Waals surface area contributed by atoms with E-state index in [1.54, 1.807) is 0 Å². The Kier molecular flexibility index (Phi) is 4.57. The molecule has 0 bridgehead atoms. The number of nitrogens with zero attached hydrogens (tertiary/aromatic N) is 3. The fourth-order valence-corrected chi connectivity index (χ4v) is 1.94. The number of hydrogen-bond acceptors (Lipinski definition) is 3. The molecule has 96 valence electrons. The molecule has 0 aromatic carbocycles. The van der Waals surface area contributed by atoms with Crippen LogP contribution in [0, 0.1) is 0 Å². The van der Waals surface area contributed by atoms with Gasteiger partial charge < -0.3 is 14.8 Å². The number of nitrogens with one attached hydrogen (secondary N) is 1. The SMILES string of the molecule is CN(C)CCCCn1cncc1CNC1CC1. The van der Waals surface area contributed by atoms with Crippen molar-refractivity contribution in [1.29, 1.82) is 0 Å². The van der Waals surface area contributed by atoms with Crippen LogP contribution in [-0.2, 0) is 13.1 Å². The van der Waals surface area contributed by atoms with Gasteiger partial charge in [-0.15, -0.1) is 0 Å². The standard InChI is InChI=1S/C13H24N4/c1-16(2)7-3-4-8-17-11-14-9-13(17)10-15-12-5-6-12/h9,11-12,15H,3-8,10H2,1-2H3.